The topological polar surface area (TPSA) is 29.1 Å². The molecule has 0 saturated carbocycles. The summed E-state index contributed by atoms with van der Waals surface area (Å²) in [5, 5.41) is 3.08. The molecule has 0 atom stereocenters. The van der Waals surface area contributed by atoms with Gasteiger partial charge in [-0.1, -0.05) is 55.5 Å². The molecule has 0 saturated heterocycles. The highest BCUT2D eigenvalue weighted by Crippen LogP contribution is 2.21. The second-order valence-electron chi connectivity index (χ2n) is 5.30. The number of rotatable bonds is 7. The van der Waals surface area contributed by atoms with Gasteiger partial charge in [0.2, 0.25) is 5.91 Å². The Bertz CT molecular complexity index is 610. The molecular formula is C19H23NOS. The molecule has 0 unspecified atom stereocenters. The molecule has 22 heavy (non-hydrogen) atoms. The zero-order chi connectivity index (χ0) is 15.8. The summed E-state index contributed by atoms with van der Waals surface area (Å²) < 4.78 is 0. The highest BCUT2D eigenvalue weighted by atomic mass is 32.2. The van der Waals surface area contributed by atoms with Crippen LogP contribution in [0, 0.1) is 6.92 Å². The number of hydrogen-bond acceptors (Lipinski definition) is 2. The van der Waals surface area contributed by atoms with E-state index in [-0.39, 0.29) is 5.91 Å². The van der Waals surface area contributed by atoms with Crippen LogP contribution in [0.1, 0.15) is 30.0 Å². The molecule has 0 spiro atoms. The molecule has 0 radical (unpaired) electrons. The van der Waals surface area contributed by atoms with E-state index in [1.54, 1.807) is 11.8 Å². The smallest absolute Gasteiger partial charge is 0.225 e. The van der Waals surface area contributed by atoms with Crippen LogP contribution in [0.15, 0.2) is 48.5 Å². The predicted molar refractivity (Wildman–Crippen MR) is 96.4 cm³/mol. The summed E-state index contributed by atoms with van der Waals surface area (Å²) in [4.78, 5) is 12.1. The number of hydrogen-bond donors (Lipinski definition) is 1. The van der Waals surface area contributed by atoms with Gasteiger partial charge in [-0.15, -0.1) is 0 Å². The average molecular weight is 313 g/mol. The van der Waals surface area contributed by atoms with Gasteiger partial charge in [0, 0.05) is 23.6 Å². The number of aryl methyl sites for hydroxylation is 2. The van der Waals surface area contributed by atoms with Gasteiger partial charge in [-0.2, -0.15) is 11.8 Å². The van der Waals surface area contributed by atoms with E-state index in [1.807, 2.05) is 37.3 Å². The molecule has 2 nitrogen and oxygen atoms in total. The van der Waals surface area contributed by atoms with Gasteiger partial charge in [-0.05, 0) is 30.0 Å². The van der Waals surface area contributed by atoms with E-state index in [0.29, 0.717) is 6.42 Å². The van der Waals surface area contributed by atoms with Crippen molar-refractivity contribution in [1.29, 1.82) is 0 Å². The zero-order valence-electron chi connectivity index (χ0n) is 13.3. The first-order valence-electron chi connectivity index (χ1n) is 7.70. The summed E-state index contributed by atoms with van der Waals surface area (Å²) in [5.41, 5.74) is 4.62. The fraction of sp³-hybridized carbons (Fsp3) is 0.316. The van der Waals surface area contributed by atoms with E-state index >= 15 is 0 Å². The van der Waals surface area contributed by atoms with E-state index in [9.17, 15) is 4.79 Å². The minimum atomic E-state index is 0.101. The van der Waals surface area contributed by atoms with Crippen molar-refractivity contribution in [2.24, 2.45) is 0 Å². The maximum absolute atomic E-state index is 12.1. The molecule has 2 rings (SSSR count). The van der Waals surface area contributed by atoms with Crippen LogP contribution >= 0.6 is 11.8 Å². The molecule has 0 aliphatic rings. The minimum absolute atomic E-state index is 0.101. The third-order valence-electron chi connectivity index (χ3n) is 3.59. The Hall–Kier alpha value is -1.74. The van der Waals surface area contributed by atoms with Crippen LogP contribution in [0.25, 0.3) is 0 Å². The van der Waals surface area contributed by atoms with Gasteiger partial charge in [0.25, 0.3) is 0 Å². The van der Waals surface area contributed by atoms with E-state index in [1.165, 1.54) is 11.1 Å². The average Bonchev–Trinajstić information content (AvgIpc) is 2.54. The van der Waals surface area contributed by atoms with Crippen molar-refractivity contribution >= 4 is 23.4 Å². The number of carbonyl (C=O) groups is 1. The highest BCUT2D eigenvalue weighted by Gasteiger charge is 2.08. The van der Waals surface area contributed by atoms with Crippen LogP contribution < -0.4 is 5.32 Å². The number of amides is 1. The van der Waals surface area contributed by atoms with Crippen molar-refractivity contribution in [2.75, 3.05) is 11.1 Å². The number of nitrogens with one attached hydrogen (secondary N) is 1. The van der Waals surface area contributed by atoms with Gasteiger partial charge < -0.3 is 5.32 Å². The second kappa shape index (κ2) is 8.64. The molecule has 0 aliphatic heterocycles. The van der Waals surface area contributed by atoms with Crippen LogP contribution in [0.4, 0.5) is 5.69 Å². The number of carbonyl (C=O) groups excluding carboxylic acids is 1. The molecule has 0 aromatic heterocycles. The van der Waals surface area contributed by atoms with Crippen molar-refractivity contribution in [3.63, 3.8) is 0 Å². The largest absolute Gasteiger partial charge is 0.326 e. The van der Waals surface area contributed by atoms with Gasteiger partial charge in [0.1, 0.15) is 0 Å². The molecule has 0 bridgehead atoms. The maximum Gasteiger partial charge on any atom is 0.225 e. The third kappa shape index (κ3) is 4.92. The van der Waals surface area contributed by atoms with Gasteiger partial charge in [0.05, 0.1) is 0 Å². The lowest BCUT2D eigenvalue weighted by molar-refractivity contribution is -0.115. The molecule has 3 heteroatoms. The number of anilines is 1. The highest BCUT2D eigenvalue weighted by molar-refractivity contribution is 7.98. The van der Waals surface area contributed by atoms with Gasteiger partial charge in [0.15, 0.2) is 0 Å². The second-order valence-corrected chi connectivity index (χ2v) is 6.40. The maximum atomic E-state index is 12.1. The summed E-state index contributed by atoms with van der Waals surface area (Å²) in [5.74, 6) is 1.90. The van der Waals surface area contributed by atoms with Crippen molar-refractivity contribution in [3.8, 4) is 0 Å². The van der Waals surface area contributed by atoms with Crippen LogP contribution in [0.3, 0.4) is 0 Å². The molecule has 0 aliphatic carbocycles. The monoisotopic (exact) mass is 313 g/mol. The molecule has 116 valence electrons. The number of thioether (sulfide) groups is 1. The fourth-order valence-corrected chi connectivity index (χ4v) is 3.24. The number of para-hydroxylation sites is 1. The van der Waals surface area contributed by atoms with Crippen molar-refractivity contribution in [3.05, 3.63) is 65.2 Å². The zero-order valence-corrected chi connectivity index (χ0v) is 14.1. The van der Waals surface area contributed by atoms with E-state index < -0.39 is 0 Å². The quantitative estimate of drug-likeness (QED) is 0.743. The molecule has 2 aromatic carbocycles. The fourth-order valence-electron chi connectivity index (χ4n) is 2.33. The normalized spacial score (nSPS) is 10.5. The Morgan fingerprint density at radius 3 is 2.59 bits per heavy atom. The Morgan fingerprint density at radius 1 is 1.09 bits per heavy atom. The Kier molecular flexibility index (Phi) is 6.53. The molecule has 0 fully saturated rings. The summed E-state index contributed by atoms with van der Waals surface area (Å²) in [6, 6.07) is 16.5. The SMILES string of the molecule is CCc1cccc(C)c1NC(=O)CCSCc1ccccc1. The first-order chi connectivity index (χ1) is 10.7. The third-order valence-corrected chi connectivity index (χ3v) is 4.62. The van der Waals surface area contributed by atoms with Crippen LogP contribution in [0.5, 0.6) is 0 Å². The minimum Gasteiger partial charge on any atom is -0.326 e. The molecule has 1 N–H and O–H groups in total. The summed E-state index contributed by atoms with van der Waals surface area (Å²) in [6.45, 7) is 4.15. The molecule has 2 aromatic rings. The van der Waals surface area contributed by atoms with Crippen LogP contribution in [0.2, 0.25) is 0 Å². The Balaban J connectivity index is 1.79. The van der Waals surface area contributed by atoms with Crippen molar-refractivity contribution in [2.45, 2.75) is 32.4 Å². The van der Waals surface area contributed by atoms with Gasteiger partial charge in [-0.25, -0.2) is 0 Å². The molecule has 1 amide bonds. The van der Waals surface area contributed by atoms with E-state index in [4.69, 9.17) is 0 Å². The van der Waals surface area contributed by atoms with Gasteiger partial charge in [-0.3, -0.25) is 4.79 Å². The summed E-state index contributed by atoms with van der Waals surface area (Å²) in [6.07, 6.45) is 1.48. The van der Waals surface area contributed by atoms with Crippen LogP contribution in [-0.2, 0) is 17.0 Å². The lowest BCUT2D eigenvalue weighted by Crippen LogP contribution is -2.14. The Labute approximate surface area is 137 Å². The lowest BCUT2D eigenvalue weighted by Gasteiger charge is -2.12. The predicted octanol–water partition coefficient (Wildman–Crippen LogP) is 4.82. The first-order valence-corrected chi connectivity index (χ1v) is 8.86. The van der Waals surface area contributed by atoms with Gasteiger partial charge >= 0.3 is 0 Å². The standard InChI is InChI=1S/C19H23NOS/c1-3-17-11-7-8-15(2)19(17)20-18(21)12-13-22-14-16-9-5-4-6-10-16/h4-11H,3,12-14H2,1-2H3,(H,20,21). The first kappa shape index (κ1) is 16.6. The van der Waals surface area contributed by atoms with Crippen LogP contribution in [-0.4, -0.2) is 11.7 Å². The number of benzene rings is 2. The van der Waals surface area contributed by atoms with Crippen molar-refractivity contribution < 1.29 is 4.79 Å². The molecular weight excluding hydrogens is 290 g/mol. The Morgan fingerprint density at radius 2 is 1.86 bits per heavy atom. The van der Waals surface area contributed by atoms with E-state index in [0.717, 1.165) is 29.2 Å². The summed E-state index contributed by atoms with van der Waals surface area (Å²) >= 11 is 1.80. The van der Waals surface area contributed by atoms with E-state index in [2.05, 4.69) is 30.4 Å². The van der Waals surface area contributed by atoms with Crippen molar-refractivity contribution in [1.82, 2.24) is 0 Å². The summed E-state index contributed by atoms with van der Waals surface area (Å²) in [7, 11) is 0. The lowest BCUT2D eigenvalue weighted by atomic mass is 10.1. The molecule has 0 heterocycles.